The molecule has 0 fully saturated rings. The van der Waals surface area contributed by atoms with Crippen molar-refractivity contribution in [2.75, 3.05) is 20.2 Å². The number of methoxy groups -OCH3 is 1. The van der Waals surface area contributed by atoms with Gasteiger partial charge in [-0.25, -0.2) is 14.1 Å². The van der Waals surface area contributed by atoms with Crippen LogP contribution in [-0.4, -0.2) is 47.0 Å². The molecule has 1 atom stereocenters. The third-order valence-electron chi connectivity index (χ3n) is 4.55. The van der Waals surface area contributed by atoms with Crippen LogP contribution >= 0.6 is 35.6 Å². The fraction of sp³-hybridized carbons (Fsp3) is 0.526. The lowest BCUT2D eigenvalue weighted by Gasteiger charge is -2.25. The SMILES string of the molecule is CCNC(=NCCc1c(F)cccc1Cl)NC1CCc2nc(COC)nn2C1.I. The molecule has 1 unspecified atom stereocenters. The molecule has 160 valence electrons. The Morgan fingerprint density at radius 2 is 2.28 bits per heavy atom. The van der Waals surface area contributed by atoms with Gasteiger partial charge in [0.1, 0.15) is 18.2 Å². The van der Waals surface area contributed by atoms with E-state index in [9.17, 15) is 4.39 Å². The van der Waals surface area contributed by atoms with Crippen LogP contribution in [0, 0.1) is 5.82 Å². The summed E-state index contributed by atoms with van der Waals surface area (Å²) < 4.78 is 20.9. The van der Waals surface area contributed by atoms with E-state index in [-0.39, 0.29) is 35.8 Å². The Labute approximate surface area is 192 Å². The van der Waals surface area contributed by atoms with Gasteiger partial charge >= 0.3 is 0 Å². The average Bonchev–Trinajstić information content (AvgIpc) is 3.06. The lowest BCUT2D eigenvalue weighted by Crippen LogP contribution is -2.47. The first-order chi connectivity index (χ1) is 13.6. The number of nitrogens with zero attached hydrogens (tertiary/aromatic N) is 4. The molecule has 2 N–H and O–H groups in total. The van der Waals surface area contributed by atoms with E-state index in [0.29, 0.717) is 41.9 Å². The predicted octanol–water partition coefficient (Wildman–Crippen LogP) is 2.95. The number of benzene rings is 1. The number of hydrogen-bond donors (Lipinski definition) is 2. The van der Waals surface area contributed by atoms with Gasteiger partial charge in [-0.05, 0) is 31.9 Å². The molecular weight excluding hydrogens is 510 g/mol. The lowest BCUT2D eigenvalue weighted by molar-refractivity contribution is 0.177. The molecule has 1 aliphatic rings. The van der Waals surface area contributed by atoms with Gasteiger partial charge in [0.15, 0.2) is 11.8 Å². The minimum absolute atomic E-state index is 0. The molecule has 0 radical (unpaired) electrons. The van der Waals surface area contributed by atoms with Gasteiger partial charge in [0.05, 0.1) is 6.54 Å². The van der Waals surface area contributed by atoms with Gasteiger partial charge in [-0.1, -0.05) is 17.7 Å². The highest BCUT2D eigenvalue weighted by molar-refractivity contribution is 14.0. The molecule has 29 heavy (non-hydrogen) atoms. The Bertz CT molecular complexity index is 811. The number of ether oxygens (including phenoxy) is 1. The molecule has 3 rings (SSSR count). The molecule has 2 heterocycles. The molecular formula is C19H27ClFIN6O. The second-order valence-corrected chi connectivity index (χ2v) is 7.06. The van der Waals surface area contributed by atoms with E-state index in [2.05, 4.69) is 25.7 Å². The Kier molecular flexibility index (Phi) is 9.57. The molecule has 1 aliphatic heterocycles. The molecule has 1 aromatic heterocycles. The Morgan fingerprint density at radius 3 is 3.00 bits per heavy atom. The quantitative estimate of drug-likeness (QED) is 0.323. The molecule has 2 aromatic rings. The fourth-order valence-electron chi connectivity index (χ4n) is 3.23. The van der Waals surface area contributed by atoms with Crippen LogP contribution < -0.4 is 10.6 Å². The van der Waals surface area contributed by atoms with Gasteiger partial charge < -0.3 is 15.4 Å². The maximum atomic E-state index is 13.9. The third kappa shape index (κ3) is 6.51. The van der Waals surface area contributed by atoms with Crippen LogP contribution in [0.2, 0.25) is 5.02 Å². The van der Waals surface area contributed by atoms with Crippen LogP contribution in [0.5, 0.6) is 0 Å². The highest BCUT2D eigenvalue weighted by Crippen LogP contribution is 2.19. The number of rotatable bonds is 7. The van der Waals surface area contributed by atoms with Gasteiger partial charge in [-0.2, -0.15) is 5.10 Å². The van der Waals surface area contributed by atoms with E-state index in [1.54, 1.807) is 19.2 Å². The van der Waals surface area contributed by atoms with E-state index >= 15 is 0 Å². The molecule has 0 saturated heterocycles. The van der Waals surface area contributed by atoms with Crippen molar-refractivity contribution >= 4 is 41.5 Å². The zero-order chi connectivity index (χ0) is 19.9. The van der Waals surface area contributed by atoms with Crippen molar-refractivity contribution < 1.29 is 9.13 Å². The number of nitrogens with one attached hydrogen (secondary N) is 2. The monoisotopic (exact) mass is 536 g/mol. The summed E-state index contributed by atoms with van der Waals surface area (Å²) in [6.07, 6.45) is 2.23. The maximum Gasteiger partial charge on any atom is 0.191 e. The molecule has 0 aliphatic carbocycles. The number of aromatic nitrogens is 3. The van der Waals surface area contributed by atoms with Crippen LogP contribution in [0.3, 0.4) is 0 Å². The van der Waals surface area contributed by atoms with E-state index in [4.69, 9.17) is 16.3 Å². The Morgan fingerprint density at radius 1 is 1.45 bits per heavy atom. The molecule has 7 nitrogen and oxygen atoms in total. The molecule has 0 saturated carbocycles. The van der Waals surface area contributed by atoms with Crippen molar-refractivity contribution in [2.24, 2.45) is 4.99 Å². The number of guanidine groups is 1. The molecule has 0 amide bonds. The summed E-state index contributed by atoms with van der Waals surface area (Å²) in [5.74, 6) is 2.11. The van der Waals surface area contributed by atoms with E-state index in [1.807, 2.05) is 11.6 Å². The van der Waals surface area contributed by atoms with Crippen molar-refractivity contribution in [3.63, 3.8) is 0 Å². The fourth-order valence-corrected chi connectivity index (χ4v) is 3.49. The highest BCUT2D eigenvalue weighted by atomic mass is 127. The first kappa shape index (κ1) is 23.8. The second kappa shape index (κ2) is 11.7. The predicted molar refractivity (Wildman–Crippen MR) is 122 cm³/mol. The van der Waals surface area contributed by atoms with Gasteiger partial charge in [-0.3, -0.25) is 4.99 Å². The zero-order valence-electron chi connectivity index (χ0n) is 16.6. The van der Waals surface area contributed by atoms with E-state index in [0.717, 1.165) is 31.8 Å². The van der Waals surface area contributed by atoms with Crippen molar-refractivity contribution in [2.45, 2.75) is 45.4 Å². The van der Waals surface area contributed by atoms with Crippen molar-refractivity contribution in [3.8, 4) is 0 Å². The first-order valence-electron chi connectivity index (χ1n) is 9.50. The maximum absolute atomic E-state index is 13.9. The van der Waals surface area contributed by atoms with Crippen LogP contribution in [-0.2, 0) is 30.7 Å². The summed E-state index contributed by atoms with van der Waals surface area (Å²) in [5.41, 5.74) is 0.499. The van der Waals surface area contributed by atoms with Crippen molar-refractivity contribution in [1.82, 2.24) is 25.4 Å². The Balaban J connectivity index is 0.00000300. The number of fused-ring (bicyclic) bond motifs is 1. The summed E-state index contributed by atoms with van der Waals surface area (Å²) in [5, 5.41) is 11.6. The van der Waals surface area contributed by atoms with Crippen LogP contribution in [0.25, 0.3) is 0 Å². The molecule has 0 spiro atoms. The van der Waals surface area contributed by atoms with Crippen LogP contribution in [0.4, 0.5) is 4.39 Å². The van der Waals surface area contributed by atoms with Crippen molar-refractivity contribution in [1.29, 1.82) is 0 Å². The topological polar surface area (TPSA) is 76.4 Å². The highest BCUT2D eigenvalue weighted by Gasteiger charge is 2.22. The van der Waals surface area contributed by atoms with Gasteiger partial charge in [-0.15, -0.1) is 24.0 Å². The molecule has 10 heteroatoms. The summed E-state index contributed by atoms with van der Waals surface area (Å²) in [6, 6.07) is 4.92. The lowest BCUT2D eigenvalue weighted by atomic mass is 10.1. The molecule has 1 aromatic carbocycles. The minimum Gasteiger partial charge on any atom is -0.377 e. The Hall–Kier alpha value is -1.46. The van der Waals surface area contributed by atoms with Gasteiger partial charge in [0.25, 0.3) is 0 Å². The third-order valence-corrected chi connectivity index (χ3v) is 4.91. The van der Waals surface area contributed by atoms with E-state index in [1.165, 1.54) is 6.07 Å². The summed E-state index contributed by atoms with van der Waals surface area (Å²) >= 11 is 6.09. The number of hydrogen-bond acceptors (Lipinski definition) is 4. The van der Waals surface area contributed by atoms with Crippen molar-refractivity contribution in [3.05, 3.63) is 46.3 Å². The summed E-state index contributed by atoms with van der Waals surface area (Å²) in [7, 11) is 1.64. The average molecular weight is 537 g/mol. The van der Waals surface area contributed by atoms with Crippen LogP contribution in [0.15, 0.2) is 23.2 Å². The standard InChI is InChI=1S/C19H26ClFN6O.HI/c1-3-22-19(23-10-9-14-15(20)5-4-6-16(14)21)24-13-7-8-18-25-17(12-28-2)26-27(18)11-13;/h4-6,13H,3,7-12H2,1-2H3,(H2,22,23,24);1H. The minimum atomic E-state index is -0.293. The number of halogens is 3. The first-order valence-corrected chi connectivity index (χ1v) is 9.87. The second-order valence-electron chi connectivity index (χ2n) is 6.65. The van der Waals surface area contributed by atoms with Gasteiger partial charge in [0, 0.05) is 43.2 Å². The number of aliphatic imine (C=N–C) groups is 1. The normalized spacial score (nSPS) is 16.1. The van der Waals surface area contributed by atoms with Crippen LogP contribution in [0.1, 0.15) is 30.6 Å². The smallest absolute Gasteiger partial charge is 0.191 e. The summed E-state index contributed by atoms with van der Waals surface area (Å²) in [4.78, 5) is 9.07. The number of aryl methyl sites for hydroxylation is 1. The summed E-state index contributed by atoms with van der Waals surface area (Å²) in [6.45, 7) is 4.33. The zero-order valence-corrected chi connectivity index (χ0v) is 19.7. The largest absolute Gasteiger partial charge is 0.377 e. The van der Waals surface area contributed by atoms with Gasteiger partial charge in [0.2, 0.25) is 0 Å². The molecule has 0 bridgehead atoms. The van der Waals surface area contributed by atoms with E-state index < -0.39 is 0 Å².